The Morgan fingerprint density at radius 1 is 1.10 bits per heavy atom. The molecular formula is C18H22FN. The molecule has 1 N–H and O–H groups in total. The van der Waals surface area contributed by atoms with Gasteiger partial charge >= 0.3 is 0 Å². The fraction of sp³-hybridized carbons (Fsp3) is 0.333. The van der Waals surface area contributed by atoms with Crippen molar-refractivity contribution in [1.82, 2.24) is 5.32 Å². The van der Waals surface area contributed by atoms with Crippen LogP contribution in [0.25, 0.3) is 0 Å². The van der Waals surface area contributed by atoms with Gasteiger partial charge in [-0.25, -0.2) is 4.39 Å². The molecule has 2 aromatic carbocycles. The average molecular weight is 271 g/mol. The molecule has 0 heterocycles. The Kier molecular flexibility index (Phi) is 4.91. The van der Waals surface area contributed by atoms with E-state index < -0.39 is 0 Å². The van der Waals surface area contributed by atoms with E-state index in [1.54, 1.807) is 6.07 Å². The van der Waals surface area contributed by atoms with E-state index in [9.17, 15) is 4.39 Å². The van der Waals surface area contributed by atoms with E-state index in [0.717, 1.165) is 24.1 Å². The number of benzene rings is 2. The average Bonchev–Trinajstić information content (AvgIpc) is 2.41. The van der Waals surface area contributed by atoms with E-state index in [4.69, 9.17) is 0 Å². The summed E-state index contributed by atoms with van der Waals surface area (Å²) < 4.78 is 13.5. The number of rotatable bonds is 5. The van der Waals surface area contributed by atoms with E-state index in [-0.39, 0.29) is 11.9 Å². The smallest absolute Gasteiger partial charge is 0.123 e. The Bertz CT molecular complexity index is 577. The van der Waals surface area contributed by atoms with Crippen LogP contribution in [0.15, 0.2) is 42.5 Å². The lowest BCUT2D eigenvalue weighted by molar-refractivity contribution is 0.540. The van der Waals surface area contributed by atoms with Gasteiger partial charge in [0.1, 0.15) is 5.82 Å². The van der Waals surface area contributed by atoms with Crippen LogP contribution in [0.4, 0.5) is 4.39 Å². The number of nitrogens with one attached hydrogen (secondary N) is 1. The predicted octanol–water partition coefficient (Wildman–Crippen LogP) is 4.34. The summed E-state index contributed by atoms with van der Waals surface area (Å²) in [4.78, 5) is 0. The highest BCUT2D eigenvalue weighted by Gasteiger charge is 2.14. The van der Waals surface area contributed by atoms with Gasteiger partial charge in [-0.3, -0.25) is 0 Å². The Labute approximate surface area is 120 Å². The van der Waals surface area contributed by atoms with Crippen molar-refractivity contribution < 1.29 is 4.39 Å². The maximum Gasteiger partial charge on any atom is 0.123 e. The second-order valence-corrected chi connectivity index (χ2v) is 5.30. The van der Waals surface area contributed by atoms with Crippen molar-refractivity contribution in [1.29, 1.82) is 0 Å². The summed E-state index contributed by atoms with van der Waals surface area (Å²) in [5.41, 5.74) is 4.71. The normalized spacial score (nSPS) is 12.4. The van der Waals surface area contributed by atoms with Crippen LogP contribution < -0.4 is 5.32 Å². The molecule has 1 unspecified atom stereocenters. The summed E-state index contributed by atoms with van der Waals surface area (Å²) in [5, 5.41) is 3.47. The number of halogens is 1. The minimum atomic E-state index is -0.169. The molecule has 2 aromatic rings. The van der Waals surface area contributed by atoms with Gasteiger partial charge in [0.15, 0.2) is 0 Å². The molecule has 0 bridgehead atoms. The summed E-state index contributed by atoms with van der Waals surface area (Å²) in [7, 11) is 0. The van der Waals surface area contributed by atoms with E-state index in [2.05, 4.69) is 43.4 Å². The highest BCUT2D eigenvalue weighted by Crippen LogP contribution is 2.23. The Morgan fingerprint density at radius 2 is 1.90 bits per heavy atom. The van der Waals surface area contributed by atoms with E-state index >= 15 is 0 Å². The van der Waals surface area contributed by atoms with Crippen molar-refractivity contribution in [2.24, 2.45) is 0 Å². The van der Waals surface area contributed by atoms with Gasteiger partial charge in [0.25, 0.3) is 0 Å². The maximum atomic E-state index is 13.5. The van der Waals surface area contributed by atoms with Crippen LogP contribution in [-0.2, 0) is 6.42 Å². The van der Waals surface area contributed by atoms with Crippen LogP contribution in [0.5, 0.6) is 0 Å². The van der Waals surface area contributed by atoms with Crippen molar-refractivity contribution in [2.45, 2.75) is 33.2 Å². The van der Waals surface area contributed by atoms with Crippen LogP contribution >= 0.6 is 0 Å². The molecule has 0 aliphatic carbocycles. The molecule has 0 radical (unpaired) electrons. The molecule has 0 amide bonds. The highest BCUT2D eigenvalue weighted by molar-refractivity contribution is 5.32. The van der Waals surface area contributed by atoms with Crippen LogP contribution in [0.2, 0.25) is 0 Å². The first kappa shape index (κ1) is 14.7. The third kappa shape index (κ3) is 3.67. The summed E-state index contributed by atoms with van der Waals surface area (Å²) >= 11 is 0. The summed E-state index contributed by atoms with van der Waals surface area (Å²) in [5.74, 6) is -0.169. The highest BCUT2D eigenvalue weighted by atomic mass is 19.1. The van der Waals surface area contributed by atoms with Crippen molar-refractivity contribution >= 4 is 0 Å². The lowest BCUT2D eigenvalue weighted by Crippen LogP contribution is -2.24. The second-order valence-electron chi connectivity index (χ2n) is 5.30. The van der Waals surface area contributed by atoms with Gasteiger partial charge in [0.05, 0.1) is 0 Å². The molecule has 2 heteroatoms. The first-order chi connectivity index (χ1) is 9.60. The van der Waals surface area contributed by atoms with Gasteiger partial charge in [-0.2, -0.15) is 0 Å². The minimum absolute atomic E-state index is 0.150. The molecule has 0 saturated heterocycles. The maximum absolute atomic E-state index is 13.5. The molecule has 0 aliphatic rings. The minimum Gasteiger partial charge on any atom is -0.310 e. The molecule has 0 aliphatic heterocycles. The monoisotopic (exact) mass is 271 g/mol. The molecule has 1 nitrogen and oxygen atoms in total. The van der Waals surface area contributed by atoms with Crippen LogP contribution in [0, 0.1) is 19.7 Å². The van der Waals surface area contributed by atoms with Gasteiger partial charge in [0.2, 0.25) is 0 Å². The number of aryl methyl sites for hydroxylation is 2. The lowest BCUT2D eigenvalue weighted by Gasteiger charge is -2.21. The molecule has 106 valence electrons. The number of hydrogen-bond donors (Lipinski definition) is 1. The molecule has 0 spiro atoms. The van der Waals surface area contributed by atoms with Gasteiger partial charge in [-0.15, -0.1) is 0 Å². The largest absolute Gasteiger partial charge is 0.310 e. The standard InChI is InChI=1S/C18H22FN/c1-4-20-18(11-15-7-5-6-13(2)10-15)17-12-16(19)9-8-14(17)3/h5-10,12,18,20H,4,11H2,1-3H3. The third-order valence-electron chi connectivity index (χ3n) is 3.59. The zero-order chi connectivity index (χ0) is 14.5. The fourth-order valence-corrected chi connectivity index (χ4v) is 2.60. The van der Waals surface area contributed by atoms with Crippen molar-refractivity contribution in [3.05, 3.63) is 70.5 Å². The zero-order valence-corrected chi connectivity index (χ0v) is 12.4. The van der Waals surface area contributed by atoms with E-state index in [1.165, 1.54) is 17.2 Å². The number of likely N-dealkylation sites (N-methyl/N-ethyl adjacent to an activating group) is 1. The topological polar surface area (TPSA) is 12.0 Å². The van der Waals surface area contributed by atoms with Gasteiger partial charge in [-0.05, 0) is 55.6 Å². The van der Waals surface area contributed by atoms with Crippen LogP contribution in [-0.4, -0.2) is 6.54 Å². The van der Waals surface area contributed by atoms with Crippen LogP contribution in [0.3, 0.4) is 0 Å². The lowest BCUT2D eigenvalue weighted by atomic mass is 9.94. The van der Waals surface area contributed by atoms with E-state index in [1.807, 2.05) is 13.0 Å². The molecule has 0 aromatic heterocycles. The van der Waals surface area contributed by atoms with Gasteiger partial charge in [0, 0.05) is 6.04 Å². The SMILES string of the molecule is CCNC(Cc1cccc(C)c1)c1cc(F)ccc1C. The molecule has 20 heavy (non-hydrogen) atoms. The van der Waals surface area contributed by atoms with Gasteiger partial charge < -0.3 is 5.32 Å². The van der Waals surface area contributed by atoms with Gasteiger partial charge in [-0.1, -0.05) is 42.8 Å². The first-order valence-electron chi connectivity index (χ1n) is 7.15. The molecule has 0 saturated carbocycles. The molecular weight excluding hydrogens is 249 g/mol. The quantitative estimate of drug-likeness (QED) is 0.853. The Morgan fingerprint density at radius 3 is 2.60 bits per heavy atom. The second kappa shape index (κ2) is 6.67. The molecule has 1 atom stereocenters. The summed E-state index contributed by atoms with van der Waals surface area (Å²) in [6.07, 6.45) is 0.875. The van der Waals surface area contributed by atoms with Crippen molar-refractivity contribution in [2.75, 3.05) is 6.54 Å². The Hall–Kier alpha value is -1.67. The summed E-state index contributed by atoms with van der Waals surface area (Å²) in [6, 6.07) is 13.7. The predicted molar refractivity (Wildman–Crippen MR) is 82.4 cm³/mol. The molecule has 2 rings (SSSR count). The zero-order valence-electron chi connectivity index (χ0n) is 12.4. The number of hydrogen-bond acceptors (Lipinski definition) is 1. The molecule has 0 fully saturated rings. The van der Waals surface area contributed by atoms with Crippen molar-refractivity contribution in [3.8, 4) is 0 Å². The summed E-state index contributed by atoms with van der Waals surface area (Å²) in [6.45, 7) is 7.08. The van der Waals surface area contributed by atoms with Crippen molar-refractivity contribution in [3.63, 3.8) is 0 Å². The van der Waals surface area contributed by atoms with E-state index in [0.29, 0.717) is 0 Å². The third-order valence-corrected chi connectivity index (χ3v) is 3.59. The fourth-order valence-electron chi connectivity index (χ4n) is 2.60. The van der Waals surface area contributed by atoms with Crippen LogP contribution in [0.1, 0.15) is 35.2 Å². The first-order valence-corrected chi connectivity index (χ1v) is 7.15. The Balaban J connectivity index is 2.29.